The maximum Gasteiger partial charge on any atom is 0.407 e. The highest BCUT2D eigenvalue weighted by Gasteiger charge is 2.23. The van der Waals surface area contributed by atoms with Crippen LogP contribution in [0.4, 0.5) is 4.79 Å². The van der Waals surface area contributed by atoms with Crippen molar-refractivity contribution in [3.8, 4) is 0 Å². The number of hydrogen-bond donors (Lipinski definition) is 2. The molecule has 22 heavy (non-hydrogen) atoms. The van der Waals surface area contributed by atoms with Gasteiger partial charge in [-0.05, 0) is 45.4 Å². The van der Waals surface area contributed by atoms with Gasteiger partial charge in [0.25, 0.3) is 0 Å². The summed E-state index contributed by atoms with van der Waals surface area (Å²) in [6, 6.07) is 0. The Labute approximate surface area is 142 Å². The number of carbonyl (C=O) groups is 1. The summed E-state index contributed by atoms with van der Waals surface area (Å²) in [6.45, 7) is 5.89. The van der Waals surface area contributed by atoms with E-state index < -0.39 is 17.4 Å². The van der Waals surface area contributed by atoms with Crippen LogP contribution in [-0.4, -0.2) is 35.0 Å². The van der Waals surface area contributed by atoms with Crippen LogP contribution in [0, 0.1) is 0 Å². The molecule has 1 aliphatic carbocycles. The van der Waals surface area contributed by atoms with Gasteiger partial charge in [0.05, 0.1) is 6.61 Å². The van der Waals surface area contributed by atoms with Crippen molar-refractivity contribution in [1.29, 1.82) is 0 Å². The third-order valence-corrected chi connectivity index (χ3v) is 7.75. The van der Waals surface area contributed by atoms with Crippen molar-refractivity contribution in [2.45, 2.75) is 70.1 Å². The summed E-state index contributed by atoms with van der Waals surface area (Å²) in [7, 11) is 0. The Bertz CT molecular complexity index is 393. The van der Waals surface area contributed by atoms with Crippen LogP contribution in [0.2, 0.25) is 0 Å². The molecule has 0 saturated heterocycles. The van der Waals surface area contributed by atoms with Crippen molar-refractivity contribution < 1.29 is 18.9 Å². The summed E-state index contributed by atoms with van der Waals surface area (Å²) in [5.41, 5.74) is -3.35. The van der Waals surface area contributed by atoms with Crippen LogP contribution in [0.25, 0.3) is 0 Å². The second kappa shape index (κ2) is 9.48. The van der Waals surface area contributed by atoms with E-state index in [1.165, 1.54) is 37.1 Å². The van der Waals surface area contributed by atoms with E-state index in [9.17, 15) is 9.69 Å². The first kappa shape index (κ1) is 20.2. The first-order chi connectivity index (χ1) is 10.2. The van der Waals surface area contributed by atoms with Crippen LogP contribution in [0.15, 0.2) is 0 Å². The molecule has 2 N–H and O–H groups in total. The van der Waals surface area contributed by atoms with Crippen molar-refractivity contribution >= 4 is 35.0 Å². The van der Waals surface area contributed by atoms with Crippen LogP contribution < -0.4 is 5.32 Å². The zero-order valence-electron chi connectivity index (χ0n) is 13.7. The molecule has 8 heteroatoms. The second-order valence-electron chi connectivity index (χ2n) is 6.45. The molecule has 1 rings (SSSR count). The average Bonchev–Trinajstić information content (AvgIpc) is 2.60. The molecule has 5 nitrogen and oxygen atoms in total. The Hall–Kier alpha value is 0.190. The van der Waals surface area contributed by atoms with Crippen LogP contribution in [0.1, 0.15) is 59.3 Å². The van der Waals surface area contributed by atoms with Gasteiger partial charge in [-0.25, -0.2) is 4.79 Å². The van der Waals surface area contributed by atoms with E-state index in [0.717, 1.165) is 12.8 Å². The van der Waals surface area contributed by atoms with Gasteiger partial charge in [-0.15, -0.1) is 0 Å². The summed E-state index contributed by atoms with van der Waals surface area (Å²) in [6.07, 6.45) is 6.66. The zero-order valence-corrected chi connectivity index (χ0v) is 16.2. The highest BCUT2D eigenvalue weighted by molar-refractivity contribution is 8.67. The van der Waals surface area contributed by atoms with Gasteiger partial charge >= 0.3 is 6.09 Å². The molecule has 0 aromatic carbocycles. The fourth-order valence-corrected chi connectivity index (χ4v) is 6.99. The maximum atomic E-state index is 11.5. The number of amides is 1. The Morgan fingerprint density at radius 1 is 1.32 bits per heavy atom. The molecule has 0 heterocycles. The van der Waals surface area contributed by atoms with Crippen molar-refractivity contribution in [1.82, 2.24) is 5.32 Å². The van der Waals surface area contributed by atoms with E-state index in [1.54, 1.807) is 20.8 Å². The van der Waals surface area contributed by atoms with E-state index in [1.807, 2.05) is 0 Å². The van der Waals surface area contributed by atoms with Crippen LogP contribution in [-0.2, 0) is 21.1 Å². The molecule has 0 aliphatic heterocycles. The van der Waals surface area contributed by atoms with E-state index >= 15 is 0 Å². The normalized spacial score (nSPS) is 20.0. The predicted molar refractivity (Wildman–Crippen MR) is 95.8 cm³/mol. The fourth-order valence-electron chi connectivity index (χ4n) is 2.19. The number of hydrogen-bond acceptors (Lipinski definition) is 5. The Morgan fingerprint density at radius 2 is 1.91 bits per heavy atom. The van der Waals surface area contributed by atoms with Gasteiger partial charge in [0.15, 0.2) is 0 Å². The van der Waals surface area contributed by atoms with Gasteiger partial charge < -0.3 is 19.5 Å². The summed E-state index contributed by atoms with van der Waals surface area (Å²) >= 11 is 6.62. The third-order valence-electron chi connectivity index (χ3n) is 3.11. The summed E-state index contributed by atoms with van der Waals surface area (Å²) in [4.78, 5) is 21.7. The van der Waals surface area contributed by atoms with E-state index in [4.69, 9.17) is 21.1 Å². The van der Waals surface area contributed by atoms with Gasteiger partial charge in [0, 0.05) is 11.8 Å². The Kier molecular flexibility index (Phi) is 8.72. The molecule has 0 radical (unpaired) electrons. The molecule has 1 amide bonds. The predicted octanol–water partition coefficient (Wildman–Crippen LogP) is 4.20. The monoisotopic (exact) mass is 369 g/mol. The molecule has 0 aromatic heterocycles. The van der Waals surface area contributed by atoms with E-state index in [-0.39, 0.29) is 13.2 Å². The molecule has 1 fully saturated rings. The molecule has 1 aliphatic rings. The highest BCUT2D eigenvalue weighted by Crippen LogP contribution is 2.59. The van der Waals surface area contributed by atoms with Gasteiger partial charge in [0.2, 0.25) is 5.69 Å². The molecular weight excluding hydrogens is 341 g/mol. The van der Waals surface area contributed by atoms with Crippen molar-refractivity contribution in [2.75, 3.05) is 13.2 Å². The first-order valence-corrected chi connectivity index (χ1v) is 12.0. The number of alkyl carbamates (subject to hydrolysis) is 1. The second-order valence-corrected chi connectivity index (χ2v) is 12.8. The standard InChI is InChI=1S/C14H28NO4PS2/c1-14(2,3)19-13(16)15-10-11-18-20(17,21)22-12-8-6-4-5-7-9-12/h12H,4-11H2,1-3H3,(H,15,16)(H,17,21). The number of nitrogens with one attached hydrogen (secondary N) is 1. The molecule has 1 saturated carbocycles. The smallest absolute Gasteiger partial charge is 0.407 e. The fraction of sp³-hybridized carbons (Fsp3) is 0.929. The van der Waals surface area contributed by atoms with Crippen LogP contribution in [0.3, 0.4) is 0 Å². The highest BCUT2D eigenvalue weighted by atomic mass is 32.9. The minimum absolute atomic E-state index is 0.201. The Balaban J connectivity index is 2.21. The third kappa shape index (κ3) is 10.1. The quantitative estimate of drug-likeness (QED) is 0.415. The number of rotatable bonds is 6. The average molecular weight is 369 g/mol. The lowest BCUT2D eigenvalue weighted by molar-refractivity contribution is 0.0520. The van der Waals surface area contributed by atoms with Crippen molar-refractivity contribution in [3.05, 3.63) is 0 Å². The molecular formula is C14H28NO4PS2. The topological polar surface area (TPSA) is 67.8 Å². The molecule has 130 valence electrons. The minimum atomic E-state index is -2.82. The number of carbonyl (C=O) groups excluding carboxylic acids is 1. The van der Waals surface area contributed by atoms with E-state index in [0.29, 0.717) is 5.25 Å². The first-order valence-electron chi connectivity index (χ1n) is 7.80. The van der Waals surface area contributed by atoms with Gasteiger partial charge in [-0.2, -0.15) is 0 Å². The van der Waals surface area contributed by atoms with Crippen molar-refractivity contribution in [2.24, 2.45) is 0 Å². The largest absolute Gasteiger partial charge is 0.444 e. The lowest BCUT2D eigenvalue weighted by atomic mass is 10.2. The van der Waals surface area contributed by atoms with Crippen molar-refractivity contribution in [3.63, 3.8) is 0 Å². The SMILES string of the molecule is CC(C)(C)OC(=O)NCCOP(O)(=S)SC1CCCCCC1. The zero-order chi connectivity index (χ0) is 16.6. The minimum Gasteiger partial charge on any atom is -0.444 e. The van der Waals surface area contributed by atoms with E-state index in [2.05, 4.69) is 5.32 Å². The Morgan fingerprint density at radius 3 is 2.45 bits per heavy atom. The van der Waals surface area contributed by atoms with Crippen LogP contribution in [0.5, 0.6) is 0 Å². The van der Waals surface area contributed by atoms with Gasteiger partial charge in [0.1, 0.15) is 5.60 Å². The van der Waals surface area contributed by atoms with Gasteiger partial charge in [-0.3, -0.25) is 0 Å². The summed E-state index contributed by atoms with van der Waals surface area (Å²) in [5.74, 6) is 0. The van der Waals surface area contributed by atoms with Gasteiger partial charge in [-0.1, -0.05) is 37.1 Å². The maximum absolute atomic E-state index is 11.5. The lowest BCUT2D eigenvalue weighted by Crippen LogP contribution is -2.34. The van der Waals surface area contributed by atoms with Crippen LogP contribution >= 0.6 is 17.1 Å². The molecule has 0 aromatic rings. The molecule has 1 unspecified atom stereocenters. The lowest BCUT2D eigenvalue weighted by Gasteiger charge is -2.22. The molecule has 0 spiro atoms. The number of ether oxygens (including phenoxy) is 1. The summed E-state index contributed by atoms with van der Waals surface area (Å²) < 4.78 is 10.5. The molecule has 1 atom stereocenters. The summed E-state index contributed by atoms with van der Waals surface area (Å²) in [5, 5.41) is 2.99. The molecule has 0 bridgehead atoms.